The third kappa shape index (κ3) is 6.20. The molecule has 2 atom stereocenters. The van der Waals surface area contributed by atoms with Gasteiger partial charge in [-0.05, 0) is 37.0 Å². The van der Waals surface area contributed by atoms with Crippen LogP contribution < -0.4 is 14.8 Å². The first kappa shape index (κ1) is 22.7. The zero-order valence-electron chi connectivity index (χ0n) is 17.3. The molecule has 0 bridgehead atoms. The Kier molecular flexibility index (Phi) is 8.48. The molecule has 1 aliphatic heterocycles. The van der Waals surface area contributed by atoms with Gasteiger partial charge in [-0.3, -0.25) is 9.79 Å². The van der Waals surface area contributed by atoms with E-state index < -0.39 is 6.61 Å². The molecule has 1 N–H and O–H groups in total. The summed E-state index contributed by atoms with van der Waals surface area (Å²) in [5, 5.41) is 3.24. The van der Waals surface area contributed by atoms with Gasteiger partial charge in [0.25, 0.3) is 0 Å². The minimum absolute atomic E-state index is 0.00479. The van der Waals surface area contributed by atoms with Crippen molar-refractivity contribution in [1.29, 1.82) is 0 Å². The fourth-order valence-electron chi connectivity index (χ4n) is 3.38. The summed E-state index contributed by atoms with van der Waals surface area (Å²) in [7, 11) is 2.80. The number of nitrogens with zero attached hydrogens (tertiary/aromatic N) is 2. The number of carbonyl (C=O) groups is 1. The van der Waals surface area contributed by atoms with E-state index in [0.717, 1.165) is 11.5 Å². The van der Waals surface area contributed by atoms with E-state index >= 15 is 0 Å². The van der Waals surface area contributed by atoms with Gasteiger partial charge in [-0.2, -0.15) is 8.78 Å². The molecule has 162 valence electrons. The van der Waals surface area contributed by atoms with Gasteiger partial charge in [0.15, 0.2) is 17.5 Å². The number of esters is 1. The van der Waals surface area contributed by atoms with Crippen molar-refractivity contribution in [2.45, 2.75) is 26.9 Å². The summed E-state index contributed by atoms with van der Waals surface area (Å²) in [6.45, 7) is 3.49. The molecule has 29 heavy (non-hydrogen) atoms. The number of guanidine groups is 1. The lowest BCUT2D eigenvalue weighted by Gasteiger charge is -2.21. The molecule has 2 rings (SSSR count). The van der Waals surface area contributed by atoms with Gasteiger partial charge in [0, 0.05) is 26.2 Å². The van der Waals surface area contributed by atoms with Gasteiger partial charge in [0.1, 0.15) is 0 Å². The highest BCUT2D eigenvalue weighted by Gasteiger charge is 2.36. The van der Waals surface area contributed by atoms with Gasteiger partial charge < -0.3 is 24.4 Å². The average Bonchev–Trinajstić information content (AvgIpc) is 3.08. The summed E-state index contributed by atoms with van der Waals surface area (Å²) in [4.78, 5) is 18.6. The smallest absolute Gasteiger partial charge is 0.387 e. The number of benzene rings is 1. The highest BCUT2D eigenvalue weighted by atomic mass is 19.3. The topological polar surface area (TPSA) is 72.4 Å². The van der Waals surface area contributed by atoms with Gasteiger partial charge in [0.05, 0.1) is 20.1 Å². The fraction of sp³-hybridized carbons (Fsp3) is 0.600. The largest absolute Gasteiger partial charge is 0.493 e. The monoisotopic (exact) mass is 413 g/mol. The first-order valence-corrected chi connectivity index (χ1v) is 9.62. The summed E-state index contributed by atoms with van der Waals surface area (Å²) in [6.07, 6.45) is 0.544. The highest BCUT2D eigenvalue weighted by molar-refractivity contribution is 5.82. The third-order valence-electron chi connectivity index (χ3n) is 4.86. The minimum atomic E-state index is -2.92. The summed E-state index contributed by atoms with van der Waals surface area (Å²) >= 11 is 0. The molecule has 1 aliphatic rings. The summed E-state index contributed by atoms with van der Waals surface area (Å²) in [6, 6.07) is 4.94. The zero-order valence-corrected chi connectivity index (χ0v) is 17.3. The standard InChI is InChI=1S/C20H29F2N3O4/c1-5-23-20(25-11-13(2)15(12-25)18(26)28-4)24-9-8-14-6-7-16(27-3)17(10-14)29-19(21)22/h6-7,10,13,15,19H,5,8-9,11-12H2,1-4H3,(H,23,24). The summed E-state index contributed by atoms with van der Waals surface area (Å²) in [5.41, 5.74) is 0.809. The van der Waals surface area contributed by atoms with Gasteiger partial charge in [-0.25, -0.2) is 0 Å². The molecule has 0 saturated carbocycles. The van der Waals surface area contributed by atoms with Crippen molar-refractivity contribution in [1.82, 2.24) is 10.2 Å². The van der Waals surface area contributed by atoms with Crippen LogP contribution >= 0.6 is 0 Å². The van der Waals surface area contributed by atoms with Gasteiger partial charge in [0.2, 0.25) is 0 Å². The van der Waals surface area contributed by atoms with Crippen LogP contribution in [0.3, 0.4) is 0 Å². The van der Waals surface area contributed by atoms with Crippen LogP contribution in [-0.4, -0.2) is 63.8 Å². The van der Waals surface area contributed by atoms with Crippen molar-refractivity contribution in [3.05, 3.63) is 23.8 Å². The second-order valence-corrected chi connectivity index (χ2v) is 6.86. The lowest BCUT2D eigenvalue weighted by molar-refractivity contribution is -0.146. The number of methoxy groups -OCH3 is 2. The maximum Gasteiger partial charge on any atom is 0.387 e. The molecule has 1 aromatic carbocycles. The van der Waals surface area contributed by atoms with Crippen molar-refractivity contribution in [3.63, 3.8) is 0 Å². The molecule has 2 unspecified atom stereocenters. The van der Waals surface area contributed by atoms with E-state index in [2.05, 4.69) is 19.9 Å². The van der Waals surface area contributed by atoms with E-state index in [1.165, 1.54) is 14.2 Å². The summed E-state index contributed by atoms with van der Waals surface area (Å²) < 4.78 is 39.6. The maximum absolute atomic E-state index is 12.6. The normalized spacial score (nSPS) is 19.4. The number of halogens is 2. The molecular weight excluding hydrogens is 384 g/mol. The van der Waals surface area contributed by atoms with Crippen LogP contribution in [0.2, 0.25) is 0 Å². The Morgan fingerprint density at radius 3 is 2.69 bits per heavy atom. The Labute approximate surface area is 170 Å². The van der Waals surface area contributed by atoms with Crippen LogP contribution in [0, 0.1) is 11.8 Å². The number of nitrogens with one attached hydrogen (secondary N) is 1. The van der Waals surface area contributed by atoms with Crippen molar-refractivity contribution in [2.75, 3.05) is 40.4 Å². The molecule has 1 aromatic rings. The molecular formula is C20H29F2N3O4. The third-order valence-corrected chi connectivity index (χ3v) is 4.86. The molecule has 0 amide bonds. The Bertz CT molecular complexity index is 715. The number of ether oxygens (including phenoxy) is 3. The molecule has 7 nitrogen and oxygen atoms in total. The average molecular weight is 413 g/mol. The molecule has 1 fully saturated rings. The lowest BCUT2D eigenvalue weighted by Crippen LogP contribution is -2.40. The molecule has 0 spiro atoms. The first-order valence-electron chi connectivity index (χ1n) is 9.62. The number of likely N-dealkylation sites (tertiary alicyclic amines) is 1. The Morgan fingerprint density at radius 2 is 2.07 bits per heavy atom. The lowest BCUT2D eigenvalue weighted by atomic mass is 9.99. The number of carbonyl (C=O) groups excluding carboxylic acids is 1. The van der Waals surface area contributed by atoms with Gasteiger partial charge in [-0.15, -0.1) is 0 Å². The van der Waals surface area contributed by atoms with Gasteiger partial charge >= 0.3 is 12.6 Å². The predicted molar refractivity (Wildman–Crippen MR) is 106 cm³/mol. The minimum Gasteiger partial charge on any atom is -0.493 e. The molecule has 0 aromatic heterocycles. The molecule has 0 radical (unpaired) electrons. The number of alkyl halides is 2. The number of hydrogen-bond acceptors (Lipinski definition) is 5. The van der Waals surface area contributed by atoms with E-state index in [4.69, 9.17) is 9.47 Å². The van der Waals surface area contributed by atoms with E-state index in [1.54, 1.807) is 18.2 Å². The second-order valence-electron chi connectivity index (χ2n) is 6.86. The number of hydrogen-bond donors (Lipinski definition) is 1. The molecule has 0 aliphatic carbocycles. The number of aliphatic imine (C=N–C) groups is 1. The van der Waals surface area contributed by atoms with Crippen molar-refractivity contribution in [3.8, 4) is 11.5 Å². The second kappa shape index (κ2) is 10.8. The van der Waals surface area contributed by atoms with Gasteiger partial charge in [-0.1, -0.05) is 13.0 Å². The van der Waals surface area contributed by atoms with Crippen molar-refractivity contribution < 1.29 is 27.8 Å². The van der Waals surface area contributed by atoms with Crippen LogP contribution in [0.25, 0.3) is 0 Å². The van der Waals surface area contributed by atoms with Crippen LogP contribution in [0.4, 0.5) is 8.78 Å². The Hall–Kier alpha value is -2.58. The van der Waals surface area contributed by atoms with Crippen LogP contribution in [0.5, 0.6) is 11.5 Å². The quantitative estimate of drug-likeness (QED) is 0.401. The van der Waals surface area contributed by atoms with Crippen LogP contribution in [0.1, 0.15) is 19.4 Å². The molecule has 9 heteroatoms. The maximum atomic E-state index is 12.6. The fourth-order valence-corrected chi connectivity index (χ4v) is 3.38. The SMILES string of the molecule is CCNC(=NCCc1ccc(OC)c(OC(F)F)c1)N1CC(C)C(C(=O)OC)C1. The van der Waals surface area contributed by atoms with Crippen LogP contribution in [0.15, 0.2) is 23.2 Å². The van der Waals surface area contributed by atoms with E-state index in [9.17, 15) is 13.6 Å². The Morgan fingerprint density at radius 1 is 1.31 bits per heavy atom. The van der Waals surface area contributed by atoms with Crippen molar-refractivity contribution in [2.24, 2.45) is 16.8 Å². The van der Waals surface area contributed by atoms with Crippen LogP contribution in [-0.2, 0) is 16.0 Å². The first-order chi connectivity index (χ1) is 13.9. The van der Waals surface area contributed by atoms with E-state index in [-0.39, 0.29) is 29.3 Å². The summed E-state index contributed by atoms with van der Waals surface area (Å²) in [5.74, 6) is 0.765. The molecule has 1 heterocycles. The predicted octanol–water partition coefficient (Wildman–Crippen LogP) is 2.55. The molecule has 1 saturated heterocycles. The highest BCUT2D eigenvalue weighted by Crippen LogP contribution is 2.29. The Balaban J connectivity index is 2.05. The van der Waals surface area contributed by atoms with E-state index in [0.29, 0.717) is 32.6 Å². The zero-order chi connectivity index (χ0) is 21.4. The van der Waals surface area contributed by atoms with E-state index in [1.807, 2.05) is 13.8 Å². The number of rotatable bonds is 8. The van der Waals surface area contributed by atoms with Crippen molar-refractivity contribution >= 4 is 11.9 Å².